The molecule has 1 aromatic heterocycles. The number of aromatic nitrogens is 3. The van der Waals surface area contributed by atoms with Crippen molar-refractivity contribution in [3.05, 3.63) is 46.0 Å². The summed E-state index contributed by atoms with van der Waals surface area (Å²) in [7, 11) is 0. The Kier molecular flexibility index (Phi) is 3.31. The third kappa shape index (κ3) is 2.34. The van der Waals surface area contributed by atoms with E-state index in [1.165, 1.54) is 10.7 Å². The number of halogens is 1. The molecule has 1 heterocycles. The van der Waals surface area contributed by atoms with Gasteiger partial charge in [0.1, 0.15) is 0 Å². The Morgan fingerprint density at radius 3 is 2.94 bits per heavy atom. The molecular weight excluding hydrogens is 239 g/mol. The van der Waals surface area contributed by atoms with Crippen LogP contribution in [0.4, 0.5) is 10.1 Å². The maximum absolute atomic E-state index is 13.2. The molecule has 0 N–H and O–H groups in total. The van der Waals surface area contributed by atoms with Crippen molar-refractivity contribution in [1.82, 2.24) is 15.0 Å². The van der Waals surface area contributed by atoms with Crippen LogP contribution in [-0.4, -0.2) is 19.9 Å². The molecule has 2 aromatic rings. The topological polar surface area (TPSA) is 73.8 Å². The molecule has 0 unspecified atom stereocenters. The Labute approximate surface area is 102 Å². The minimum atomic E-state index is -0.863. The van der Waals surface area contributed by atoms with E-state index in [4.69, 9.17) is 0 Å². The Morgan fingerprint density at radius 1 is 1.50 bits per heavy atom. The van der Waals surface area contributed by atoms with E-state index in [0.717, 1.165) is 30.7 Å². The Balaban J connectivity index is 2.38. The largest absolute Gasteiger partial charge is 0.306 e. The average Bonchev–Trinajstić information content (AvgIpc) is 2.78. The summed E-state index contributed by atoms with van der Waals surface area (Å²) in [6.45, 7) is 2.02. The number of hydrogen-bond acceptors (Lipinski definition) is 4. The average molecular weight is 250 g/mol. The van der Waals surface area contributed by atoms with Crippen molar-refractivity contribution in [2.75, 3.05) is 0 Å². The van der Waals surface area contributed by atoms with Crippen molar-refractivity contribution in [2.45, 2.75) is 19.8 Å². The van der Waals surface area contributed by atoms with Gasteiger partial charge in [-0.1, -0.05) is 18.6 Å². The van der Waals surface area contributed by atoms with Crippen molar-refractivity contribution >= 4 is 5.69 Å². The lowest BCUT2D eigenvalue weighted by Crippen LogP contribution is -1.98. The molecule has 0 fully saturated rings. The zero-order valence-electron chi connectivity index (χ0n) is 9.71. The van der Waals surface area contributed by atoms with Gasteiger partial charge in [-0.3, -0.25) is 10.1 Å². The zero-order chi connectivity index (χ0) is 13.1. The van der Waals surface area contributed by atoms with Crippen LogP contribution >= 0.6 is 0 Å². The van der Waals surface area contributed by atoms with Crippen molar-refractivity contribution in [3.8, 4) is 5.69 Å². The van der Waals surface area contributed by atoms with Crippen LogP contribution in [0.25, 0.3) is 5.69 Å². The lowest BCUT2D eigenvalue weighted by atomic mass is 10.2. The number of nitro benzene ring substituents is 1. The molecule has 0 aliphatic carbocycles. The van der Waals surface area contributed by atoms with E-state index in [1.807, 2.05) is 6.92 Å². The summed E-state index contributed by atoms with van der Waals surface area (Å²) in [5.74, 6) is -0.863. The number of nitrogens with zero attached hydrogens (tertiary/aromatic N) is 4. The molecule has 1 aromatic carbocycles. The Hall–Kier alpha value is -2.31. The summed E-state index contributed by atoms with van der Waals surface area (Å²) >= 11 is 0. The standard InChI is InChI=1S/C11H11FN4O2/c1-2-3-8-7-15(14-13-8)9-4-5-10(12)11(6-9)16(17)18/h4-7H,2-3H2,1H3. The normalized spacial score (nSPS) is 10.6. The van der Waals surface area contributed by atoms with Crippen LogP contribution < -0.4 is 0 Å². The lowest BCUT2D eigenvalue weighted by molar-refractivity contribution is -0.387. The second-order valence-electron chi connectivity index (χ2n) is 3.80. The molecule has 0 bridgehead atoms. The fourth-order valence-corrected chi connectivity index (χ4v) is 1.58. The second-order valence-corrected chi connectivity index (χ2v) is 3.80. The van der Waals surface area contributed by atoms with Crippen molar-refractivity contribution < 1.29 is 9.31 Å². The molecule has 0 atom stereocenters. The fraction of sp³-hybridized carbons (Fsp3) is 0.273. The van der Waals surface area contributed by atoms with Crippen molar-refractivity contribution in [2.24, 2.45) is 0 Å². The molecule has 0 aliphatic rings. The first-order chi connectivity index (χ1) is 8.61. The molecule has 6 nitrogen and oxygen atoms in total. The monoisotopic (exact) mass is 250 g/mol. The number of hydrogen-bond donors (Lipinski definition) is 0. The van der Waals surface area contributed by atoms with Crippen molar-refractivity contribution in [1.29, 1.82) is 0 Å². The molecule has 0 saturated carbocycles. The summed E-state index contributed by atoms with van der Waals surface area (Å²) in [4.78, 5) is 9.87. The first-order valence-electron chi connectivity index (χ1n) is 5.47. The highest BCUT2D eigenvalue weighted by Gasteiger charge is 2.15. The highest BCUT2D eigenvalue weighted by Crippen LogP contribution is 2.20. The summed E-state index contributed by atoms with van der Waals surface area (Å²) in [5.41, 5.74) is 0.641. The van der Waals surface area contributed by atoms with Crippen LogP contribution in [0, 0.1) is 15.9 Å². The summed E-state index contributed by atoms with van der Waals surface area (Å²) in [5, 5.41) is 18.4. The molecule has 0 radical (unpaired) electrons. The minimum Gasteiger partial charge on any atom is -0.258 e. The quantitative estimate of drug-likeness (QED) is 0.616. The molecule has 94 valence electrons. The minimum absolute atomic E-state index is 0.415. The van der Waals surface area contributed by atoms with Crippen LogP contribution in [0.3, 0.4) is 0 Å². The van der Waals surface area contributed by atoms with Gasteiger partial charge in [0.25, 0.3) is 0 Å². The molecule has 7 heteroatoms. The van der Waals surface area contributed by atoms with E-state index in [0.29, 0.717) is 5.69 Å². The molecule has 0 spiro atoms. The van der Waals surface area contributed by atoms with Gasteiger partial charge < -0.3 is 0 Å². The first-order valence-corrected chi connectivity index (χ1v) is 5.47. The van der Waals surface area contributed by atoms with Gasteiger partial charge in [-0.05, 0) is 18.6 Å². The number of aryl methyl sites for hydroxylation is 1. The lowest BCUT2D eigenvalue weighted by Gasteiger charge is -2.00. The predicted molar refractivity (Wildman–Crippen MR) is 62.0 cm³/mol. The second kappa shape index (κ2) is 4.91. The first kappa shape index (κ1) is 12.2. The highest BCUT2D eigenvalue weighted by molar-refractivity contribution is 5.43. The van der Waals surface area contributed by atoms with Crippen LogP contribution in [0.5, 0.6) is 0 Å². The number of rotatable bonds is 4. The zero-order valence-corrected chi connectivity index (χ0v) is 9.71. The van der Waals surface area contributed by atoms with Crippen LogP contribution in [0.15, 0.2) is 24.4 Å². The molecule has 2 rings (SSSR count). The van der Waals surface area contributed by atoms with Gasteiger partial charge in [-0.15, -0.1) is 5.10 Å². The van der Waals surface area contributed by atoms with Crippen molar-refractivity contribution in [3.63, 3.8) is 0 Å². The SMILES string of the molecule is CCCc1cn(-c2ccc(F)c([N+](=O)[O-])c2)nn1. The van der Waals surface area contributed by atoms with Crippen LogP contribution in [-0.2, 0) is 6.42 Å². The van der Waals surface area contributed by atoms with Gasteiger partial charge >= 0.3 is 5.69 Å². The number of benzene rings is 1. The van der Waals surface area contributed by atoms with Gasteiger partial charge in [0.05, 0.1) is 22.5 Å². The third-order valence-electron chi connectivity index (χ3n) is 2.44. The number of nitro groups is 1. The van der Waals surface area contributed by atoms with E-state index >= 15 is 0 Å². The Morgan fingerprint density at radius 2 is 2.28 bits per heavy atom. The van der Waals surface area contributed by atoms with Gasteiger partial charge in [0.15, 0.2) is 0 Å². The predicted octanol–water partition coefficient (Wildman–Crippen LogP) is 2.27. The highest BCUT2D eigenvalue weighted by atomic mass is 19.1. The van der Waals surface area contributed by atoms with Gasteiger partial charge in [-0.25, -0.2) is 4.68 Å². The van der Waals surface area contributed by atoms with E-state index in [2.05, 4.69) is 10.3 Å². The summed E-state index contributed by atoms with van der Waals surface area (Å²) in [6.07, 6.45) is 3.39. The van der Waals surface area contributed by atoms with E-state index in [1.54, 1.807) is 6.20 Å². The fourth-order valence-electron chi connectivity index (χ4n) is 1.58. The smallest absolute Gasteiger partial charge is 0.258 e. The van der Waals surface area contributed by atoms with Crippen LogP contribution in [0.2, 0.25) is 0 Å². The maximum Gasteiger partial charge on any atom is 0.306 e. The maximum atomic E-state index is 13.2. The van der Waals surface area contributed by atoms with Gasteiger partial charge in [0, 0.05) is 6.07 Å². The summed E-state index contributed by atoms with van der Waals surface area (Å²) in [6, 6.07) is 3.61. The van der Waals surface area contributed by atoms with Crippen LogP contribution in [0.1, 0.15) is 19.0 Å². The molecule has 18 heavy (non-hydrogen) atoms. The van der Waals surface area contributed by atoms with Gasteiger partial charge in [-0.2, -0.15) is 4.39 Å². The molecular formula is C11H11FN4O2. The van der Waals surface area contributed by atoms with E-state index in [-0.39, 0.29) is 0 Å². The van der Waals surface area contributed by atoms with Gasteiger partial charge in [0.2, 0.25) is 5.82 Å². The summed E-state index contributed by atoms with van der Waals surface area (Å²) < 4.78 is 14.6. The van der Waals surface area contributed by atoms with E-state index < -0.39 is 16.4 Å². The molecule has 0 aliphatic heterocycles. The van der Waals surface area contributed by atoms with E-state index in [9.17, 15) is 14.5 Å². The molecule has 0 amide bonds. The Bertz CT molecular complexity index is 582. The molecule has 0 saturated heterocycles. The third-order valence-corrected chi connectivity index (χ3v) is 2.44.